The summed E-state index contributed by atoms with van der Waals surface area (Å²) in [5.74, 6) is 0.312. The van der Waals surface area contributed by atoms with Crippen molar-refractivity contribution in [2.75, 3.05) is 11.9 Å². The van der Waals surface area contributed by atoms with Gasteiger partial charge in [0.25, 0.3) is 0 Å². The van der Waals surface area contributed by atoms with Crippen molar-refractivity contribution in [3.8, 4) is 11.3 Å². The van der Waals surface area contributed by atoms with E-state index in [4.69, 9.17) is 0 Å². The molecular formula is C23H22FN5O. The van der Waals surface area contributed by atoms with Gasteiger partial charge in [-0.05, 0) is 24.6 Å². The molecule has 1 unspecified atom stereocenters. The lowest BCUT2D eigenvalue weighted by Gasteiger charge is -2.15. The molecule has 2 N–H and O–H groups in total. The van der Waals surface area contributed by atoms with Gasteiger partial charge >= 0.3 is 0 Å². The predicted octanol–water partition coefficient (Wildman–Crippen LogP) is 4.21. The third-order valence-electron chi connectivity index (χ3n) is 4.85. The molecule has 0 aliphatic carbocycles. The summed E-state index contributed by atoms with van der Waals surface area (Å²) in [6.45, 7) is 2.37. The molecule has 0 aliphatic rings. The summed E-state index contributed by atoms with van der Waals surface area (Å²) >= 11 is 0. The maximum Gasteiger partial charge on any atom is 0.222 e. The number of anilines is 1. The first-order chi connectivity index (χ1) is 14.6. The summed E-state index contributed by atoms with van der Waals surface area (Å²) in [4.78, 5) is 21.1. The van der Waals surface area contributed by atoms with E-state index in [0.29, 0.717) is 29.3 Å². The highest BCUT2D eigenvalue weighted by Gasteiger charge is 2.15. The number of amides is 1. The molecule has 0 fully saturated rings. The predicted molar refractivity (Wildman–Crippen MR) is 114 cm³/mol. The molecule has 0 aliphatic heterocycles. The van der Waals surface area contributed by atoms with E-state index in [9.17, 15) is 9.18 Å². The fraction of sp³-hybridized carbons (Fsp3) is 0.174. The summed E-state index contributed by atoms with van der Waals surface area (Å²) in [5.41, 5.74) is 2.96. The van der Waals surface area contributed by atoms with Gasteiger partial charge in [0.15, 0.2) is 5.65 Å². The summed E-state index contributed by atoms with van der Waals surface area (Å²) < 4.78 is 15.6. The standard InChI is InChI=1S/C23H22FN5O/c1-16(17-6-3-2-4-7-17)27-21(30)10-11-26-23-22(18-8-5-9-19(24)14-18)28-20-15-25-12-13-29(20)23/h2-9,12-16,26H,10-11H2,1H3,(H,27,30). The molecule has 4 rings (SSSR count). The molecule has 30 heavy (non-hydrogen) atoms. The topological polar surface area (TPSA) is 71.3 Å². The number of carbonyl (C=O) groups excluding carboxylic acids is 1. The number of imidazole rings is 1. The van der Waals surface area contributed by atoms with Crippen molar-refractivity contribution < 1.29 is 9.18 Å². The highest BCUT2D eigenvalue weighted by atomic mass is 19.1. The highest BCUT2D eigenvalue weighted by Crippen LogP contribution is 2.28. The van der Waals surface area contributed by atoms with Crippen molar-refractivity contribution in [2.24, 2.45) is 0 Å². The van der Waals surface area contributed by atoms with Gasteiger partial charge in [-0.1, -0.05) is 42.5 Å². The van der Waals surface area contributed by atoms with Gasteiger partial charge in [-0.25, -0.2) is 9.37 Å². The Hall–Kier alpha value is -3.74. The fourth-order valence-electron chi connectivity index (χ4n) is 3.35. The van der Waals surface area contributed by atoms with Crippen LogP contribution in [-0.2, 0) is 4.79 Å². The molecular weight excluding hydrogens is 381 g/mol. The molecule has 1 atom stereocenters. The van der Waals surface area contributed by atoms with Crippen molar-refractivity contribution in [3.63, 3.8) is 0 Å². The van der Waals surface area contributed by atoms with Crippen LogP contribution in [0.5, 0.6) is 0 Å². The minimum Gasteiger partial charge on any atom is -0.369 e. The van der Waals surface area contributed by atoms with Crippen molar-refractivity contribution >= 4 is 17.4 Å². The van der Waals surface area contributed by atoms with Crippen LogP contribution in [0.4, 0.5) is 10.2 Å². The van der Waals surface area contributed by atoms with Crippen LogP contribution in [0.1, 0.15) is 24.9 Å². The fourth-order valence-corrected chi connectivity index (χ4v) is 3.35. The zero-order valence-corrected chi connectivity index (χ0v) is 16.5. The van der Waals surface area contributed by atoms with Crippen LogP contribution in [0.2, 0.25) is 0 Å². The highest BCUT2D eigenvalue weighted by molar-refractivity contribution is 5.79. The number of halogens is 1. The maximum atomic E-state index is 13.7. The molecule has 0 radical (unpaired) electrons. The van der Waals surface area contributed by atoms with Gasteiger partial charge in [-0.2, -0.15) is 0 Å². The Morgan fingerprint density at radius 2 is 2.00 bits per heavy atom. The van der Waals surface area contributed by atoms with Crippen LogP contribution in [0, 0.1) is 5.82 Å². The van der Waals surface area contributed by atoms with Crippen molar-refractivity contribution in [1.29, 1.82) is 0 Å². The number of benzene rings is 2. The smallest absolute Gasteiger partial charge is 0.222 e. The molecule has 0 spiro atoms. The van der Waals surface area contributed by atoms with Gasteiger partial charge in [0.2, 0.25) is 5.91 Å². The van der Waals surface area contributed by atoms with Crippen LogP contribution >= 0.6 is 0 Å². The van der Waals surface area contributed by atoms with Gasteiger partial charge in [0.1, 0.15) is 17.3 Å². The van der Waals surface area contributed by atoms with E-state index in [1.54, 1.807) is 30.7 Å². The second-order valence-electron chi connectivity index (χ2n) is 7.00. The quantitative estimate of drug-likeness (QED) is 0.485. The molecule has 152 valence electrons. The molecule has 4 aromatic rings. The molecule has 0 bridgehead atoms. The van der Waals surface area contributed by atoms with Crippen LogP contribution in [0.25, 0.3) is 16.9 Å². The number of nitrogens with zero attached hydrogens (tertiary/aromatic N) is 3. The zero-order valence-electron chi connectivity index (χ0n) is 16.5. The Morgan fingerprint density at radius 1 is 1.17 bits per heavy atom. The van der Waals surface area contributed by atoms with Crippen molar-refractivity contribution in [2.45, 2.75) is 19.4 Å². The Balaban J connectivity index is 1.47. The Bertz CT molecular complexity index is 1160. The van der Waals surface area contributed by atoms with Gasteiger partial charge in [0, 0.05) is 30.9 Å². The number of hydrogen-bond acceptors (Lipinski definition) is 4. The second-order valence-corrected chi connectivity index (χ2v) is 7.00. The lowest BCUT2D eigenvalue weighted by Crippen LogP contribution is -2.28. The molecule has 7 heteroatoms. The van der Waals surface area contributed by atoms with Crippen LogP contribution < -0.4 is 10.6 Å². The molecule has 6 nitrogen and oxygen atoms in total. The number of fused-ring (bicyclic) bond motifs is 1. The Morgan fingerprint density at radius 3 is 2.80 bits per heavy atom. The van der Waals surface area contributed by atoms with E-state index in [0.717, 1.165) is 5.56 Å². The molecule has 0 saturated carbocycles. The second kappa shape index (κ2) is 8.73. The average molecular weight is 403 g/mol. The first kappa shape index (κ1) is 19.6. The number of rotatable bonds is 7. The molecule has 0 saturated heterocycles. The molecule has 2 aromatic heterocycles. The van der Waals surface area contributed by atoms with Gasteiger partial charge < -0.3 is 10.6 Å². The lowest BCUT2D eigenvalue weighted by atomic mass is 10.1. The third-order valence-corrected chi connectivity index (χ3v) is 4.85. The number of aromatic nitrogens is 3. The van der Waals surface area contributed by atoms with E-state index < -0.39 is 0 Å². The molecule has 2 aromatic carbocycles. The van der Waals surface area contributed by atoms with E-state index >= 15 is 0 Å². The SMILES string of the molecule is CC(NC(=O)CCNc1c(-c2cccc(F)c2)nc2cnccn12)c1ccccc1. The third kappa shape index (κ3) is 4.30. The van der Waals surface area contributed by atoms with Crippen LogP contribution in [0.15, 0.2) is 73.2 Å². The number of hydrogen-bond donors (Lipinski definition) is 2. The van der Waals surface area contributed by atoms with E-state index in [1.807, 2.05) is 41.7 Å². The summed E-state index contributed by atoms with van der Waals surface area (Å²) in [6, 6.07) is 16.0. The minimum atomic E-state index is -0.331. The maximum absolute atomic E-state index is 13.7. The van der Waals surface area contributed by atoms with Gasteiger partial charge in [-0.15, -0.1) is 0 Å². The Labute approximate surface area is 173 Å². The van der Waals surface area contributed by atoms with Crippen molar-refractivity contribution in [1.82, 2.24) is 19.7 Å². The van der Waals surface area contributed by atoms with Crippen LogP contribution in [0.3, 0.4) is 0 Å². The van der Waals surface area contributed by atoms with Gasteiger partial charge in [0.05, 0.1) is 12.2 Å². The van der Waals surface area contributed by atoms with E-state index in [2.05, 4.69) is 20.6 Å². The summed E-state index contributed by atoms with van der Waals surface area (Å²) in [5, 5.41) is 6.29. The monoisotopic (exact) mass is 403 g/mol. The number of carbonyl (C=O) groups is 1. The minimum absolute atomic E-state index is 0.0540. The molecule has 2 heterocycles. The van der Waals surface area contributed by atoms with E-state index in [-0.39, 0.29) is 24.2 Å². The first-order valence-corrected chi connectivity index (χ1v) is 9.78. The van der Waals surface area contributed by atoms with E-state index in [1.165, 1.54) is 12.1 Å². The van der Waals surface area contributed by atoms with Gasteiger partial charge in [-0.3, -0.25) is 14.2 Å². The zero-order chi connectivity index (χ0) is 20.9. The summed E-state index contributed by atoms with van der Waals surface area (Å²) in [6.07, 6.45) is 5.37. The largest absolute Gasteiger partial charge is 0.369 e. The normalized spacial score (nSPS) is 11.9. The average Bonchev–Trinajstić information content (AvgIpc) is 3.13. The first-order valence-electron chi connectivity index (χ1n) is 9.78. The summed E-state index contributed by atoms with van der Waals surface area (Å²) in [7, 11) is 0. The Kier molecular flexibility index (Phi) is 5.70. The molecule has 1 amide bonds. The van der Waals surface area contributed by atoms with Crippen molar-refractivity contribution in [3.05, 3.63) is 84.6 Å². The number of nitrogens with one attached hydrogen (secondary N) is 2. The lowest BCUT2D eigenvalue weighted by molar-refractivity contribution is -0.121. The van der Waals surface area contributed by atoms with Crippen LogP contribution in [-0.4, -0.2) is 26.8 Å².